The van der Waals surface area contributed by atoms with E-state index in [9.17, 15) is 4.79 Å². The average molecular weight is 269 g/mol. The summed E-state index contributed by atoms with van der Waals surface area (Å²) < 4.78 is 2.55. The third-order valence-electron chi connectivity index (χ3n) is 2.09. The molecule has 1 amide bonds. The Hall–Kier alpha value is -1.58. The lowest BCUT2D eigenvalue weighted by atomic mass is 10.2. The summed E-state index contributed by atoms with van der Waals surface area (Å²) in [5, 5.41) is 0. The van der Waals surface area contributed by atoms with E-state index in [0.717, 1.165) is 4.53 Å². The van der Waals surface area contributed by atoms with Gasteiger partial charge < -0.3 is 12.4 Å². The summed E-state index contributed by atoms with van der Waals surface area (Å²) in [6.07, 6.45) is 3.40. The first kappa shape index (κ1) is 13.5. The van der Waals surface area contributed by atoms with Crippen LogP contribution >= 0.6 is 11.8 Å². The number of benzene rings is 1. The van der Waals surface area contributed by atoms with Crippen LogP contribution in [0, 0.1) is 0 Å². The van der Waals surface area contributed by atoms with Crippen LogP contribution in [-0.4, -0.2) is 5.91 Å². The Morgan fingerprint density at radius 3 is 2.12 bits per heavy atom. The summed E-state index contributed by atoms with van der Waals surface area (Å²) in [6.45, 7) is 0. The van der Waals surface area contributed by atoms with Gasteiger partial charge in [-0.15, -0.1) is 0 Å². The summed E-state index contributed by atoms with van der Waals surface area (Å²) in [5.41, 5.74) is 0.550. The molecule has 3 nitrogen and oxygen atoms in total. The van der Waals surface area contributed by atoms with Crippen LogP contribution < -0.4 is 21.6 Å². The molecule has 0 unspecified atom stereocenters. The van der Waals surface area contributed by atoms with Crippen LogP contribution in [0.1, 0.15) is 10.4 Å². The van der Waals surface area contributed by atoms with Crippen LogP contribution in [0.2, 0.25) is 0 Å². The van der Waals surface area contributed by atoms with Crippen molar-refractivity contribution < 1.29 is 21.9 Å². The zero-order valence-electron chi connectivity index (χ0n) is 8.83. The van der Waals surface area contributed by atoms with Gasteiger partial charge in [0, 0.05) is 17.7 Å². The van der Waals surface area contributed by atoms with Gasteiger partial charge in [0.25, 0.3) is 0 Å². The van der Waals surface area contributed by atoms with Gasteiger partial charge >= 0.3 is 5.91 Å². The molecule has 0 bridgehead atoms. The topological polar surface area (TPSA) is 24.2 Å². The zero-order valence-corrected chi connectivity index (χ0v) is 10.3. The lowest BCUT2D eigenvalue weighted by molar-refractivity contribution is -0.667. The maximum Gasteiger partial charge on any atom is 0.327 e. The van der Waals surface area contributed by atoms with Gasteiger partial charge in [0.15, 0.2) is 0 Å². The van der Waals surface area contributed by atoms with E-state index >= 15 is 0 Å². The molecule has 88 valence electrons. The number of carbonyl (C=O) groups is 1. The van der Waals surface area contributed by atoms with Crippen molar-refractivity contribution >= 4 is 17.7 Å². The minimum atomic E-state index is -0.265. The fourth-order valence-corrected chi connectivity index (χ4v) is 1.50. The van der Waals surface area contributed by atoms with Crippen molar-refractivity contribution in [1.82, 2.24) is 0 Å². The second-order valence-electron chi connectivity index (χ2n) is 3.19. The number of pyridine rings is 1. The lowest BCUT2D eigenvalue weighted by Crippen LogP contribution is -3.00. The standard InChI is InChI=1S/C12H10ClN2O.ClH/c13-15(14-9-5-2-6-10-14)12(16)11-7-3-1-4-8-11;/h1-10H;1H/q+1;/p-1. The van der Waals surface area contributed by atoms with Crippen LogP contribution in [0.4, 0.5) is 0 Å². The summed E-state index contributed by atoms with van der Waals surface area (Å²) in [7, 11) is 0. The number of rotatable bonds is 2. The van der Waals surface area contributed by atoms with E-state index in [1.807, 2.05) is 12.1 Å². The number of hydrogen-bond donors (Lipinski definition) is 0. The third-order valence-corrected chi connectivity index (χ3v) is 2.42. The number of aromatic nitrogens is 1. The van der Waals surface area contributed by atoms with Gasteiger partial charge in [0.2, 0.25) is 12.4 Å². The highest BCUT2D eigenvalue weighted by Crippen LogP contribution is 2.02. The average Bonchev–Trinajstić information content (AvgIpc) is 2.39. The van der Waals surface area contributed by atoms with E-state index in [1.54, 1.807) is 48.8 Å². The largest absolute Gasteiger partial charge is 1.00 e. The van der Waals surface area contributed by atoms with Crippen molar-refractivity contribution in [3.05, 3.63) is 66.5 Å². The van der Waals surface area contributed by atoms with E-state index in [2.05, 4.69) is 0 Å². The van der Waals surface area contributed by atoms with Crippen LogP contribution in [-0.2, 0) is 0 Å². The SMILES string of the molecule is O=C(c1ccccc1)N(Cl)[n+]1ccccc1.[Cl-]. The van der Waals surface area contributed by atoms with Gasteiger partial charge in [0.1, 0.15) is 0 Å². The van der Waals surface area contributed by atoms with E-state index in [0.29, 0.717) is 5.56 Å². The molecular weight excluding hydrogens is 259 g/mol. The molecule has 2 rings (SSSR count). The highest BCUT2D eigenvalue weighted by Gasteiger charge is 2.21. The second kappa shape index (κ2) is 6.23. The highest BCUT2D eigenvalue weighted by molar-refractivity contribution is 6.33. The first-order valence-corrected chi connectivity index (χ1v) is 5.15. The van der Waals surface area contributed by atoms with Crippen molar-refractivity contribution in [1.29, 1.82) is 0 Å². The molecule has 0 saturated heterocycles. The number of halogens is 2. The van der Waals surface area contributed by atoms with Crippen LogP contribution in [0.15, 0.2) is 60.9 Å². The van der Waals surface area contributed by atoms with Crippen LogP contribution in [0.25, 0.3) is 0 Å². The maximum absolute atomic E-state index is 11.9. The van der Waals surface area contributed by atoms with Gasteiger partial charge in [0.05, 0.1) is 11.8 Å². The summed E-state index contributed by atoms with van der Waals surface area (Å²) in [6, 6.07) is 14.4. The summed E-state index contributed by atoms with van der Waals surface area (Å²) >= 11 is 5.94. The Morgan fingerprint density at radius 2 is 1.53 bits per heavy atom. The normalized spacial score (nSPS) is 9.24. The van der Waals surface area contributed by atoms with Gasteiger partial charge in [-0.3, -0.25) is 4.79 Å². The Morgan fingerprint density at radius 1 is 1.00 bits per heavy atom. The van der Waals surface area contributed by atoms with E-state index in [4.69, 9.17) is 11.8 Å². The van der Waals surface area contributed by atoms with E-state index in [1.165, 1.54) is 4.68 Å². The first-order chi connectivity index (χ1) is 7.79. The van der Waals surface area contributed by atoms with Gasteiger partial charge in [-0.25, -0.2) is 0 Å². The number of hydrogen-bond acceptors (Lipinski definition) is 1. The molecule has 0 saturated carbocycles. The molecule has 0 atom stereocenters. The fourth-order valence-electron chi connectivity index (χ4n) is 1.30. The van der Waals surface area contributed by atoms with Crippen molar-refractivity contribution in [2.24, 2.45) is 0 Å². The van der Waals surface area contributed by atoms with Gasteiger partial charge in [-0.2, -0.15) is 0 Å². The number of amides is 1. The quantitative estimate of drug-likeness (QED) is 0.502. The lowest BCUT2D eigenvalue weighted by Gasteiger charge is -2.06. The molecule has 0 N–H and O–H groups in total. The molecule has 5 heteroatoms. The predicted octanol–water partition coefficient (Wildman–Crippen LogP) is -1.09. The van der Waals surface area contributed by atoms with Crippen molar-refractivity contribution in [3.63, 3.8) is 0 Å². The molecule has 2 aromatic rings. The monoisotopic (exact) mass is 268 g/mol. The Kier molecular flexibility index (Phi) is 4.94. The van der Waals surface area contributed by atoms with Crippen molar-refractivity contribution in [3.8, 4) is 0 Å². The molecule has 0 aliphatic heterocycles. The molecule has 17 heavy (non-hydrogen) atoms. The fraction of sp³-hybridized carbons (Fsp3) is 0. The highest BCUT2D eigenvalue weighted by atomic mass is 35.5. The molecular formula is C12H10Cl2N2O. The van der Waals surface area contributed by atoms with Gasteiger partial charge in [-0.05, 0) is 16.7 Å². The Balaban J connectivity index is 0.00000144. The minimum absolute atomic E-state index is 0. The third kappa shape index (κ3) is 3.19. The second-order valence-corrected chi connectivity index (χ2v) is 3.51. The first-order valence-electron chi connectivity index (χ1n) is 4.81. The summed E-state index contributed by atoms with van der Waals surface area (Å²) in [4.78, 5) is 11.9. The molecule has 1 heterocycles. The van der Waals surface area contributed by atoms with Crippen molar-refractivity contribution in [2.45, 2.75) is 0 Å². The van der Waals surface area contributed by atoms with E-state index in [-0.39, 0.29) is 18.3 Å². The number of carbonyl (C=O) groups excluding carboxylic acids is 1. The molecule has 0 fully saturated rings. The zero-order chi connectivity index (χ0) is 11.4. The maximum atomic E-state index is 11.9. The Labute approximate surface area is 111 Å². The van der Waals surface area contributed by atoms with Crippen LogP contribution in [0.5, 0.6) is 0 Å². The van der Waals surface area contributed by atoms with E-state index < -0.39 is 0 Å². The van der Waals surface area contributed by atoms with Crippen molar-refractivity contribution in [2.75, 3.05) is 4.53 Å². The molecule has 0 aliphatic rings. The van der Waals surface area contributed by atoms with Gasteiger partial charge in [-0.1, -0.05) is 28.9 Å². The minimum Gasteiger partial charge on any atom is -1.00 e. The molecule has 0 radical (unpaired) electrons. The number of nitrogens with zero attached hydrogens (tertiary/aromatic N) is 2. The summed E-state index contributed by atoms with van der Waals surface area (Å²) in [5.74, 6) is -0.265. The smallest absolute Gasteiger partial charge is 0.327 e. The molecule has 1 aromatic carbocycles. The molecule has 0 aliphatic carbocycles. The molecule has 1 aromatic heterocycles. The molecule has 0 spiro atoms. The predicted molar refractivity (Wildman–Crippen MR) is 61.5 cm³/mol. The van der Waals surface area contributed by atoms with Crippen LogP contribution in [0.3, 0.4) is 0 Å². The Bertz CT molecular complexity index is 476.